The second-order valence-electron chi connectivity index (χ2n) is 13.7. The number of pyridine rings is 1. The van der Waals surface area contributed by atoms with Crippen molar-refractivity contribution in [3.05, 3.63) is 76.6 Å². The van der Waals surface area contributed by atoms with E-state index in [1.165, 1.54) is 18.2 Å². The molecule has 4 aromatic rings. The van der Waals surface area contributed by atoms with Crippen LogP contribution in [0.25, 0.3) is 16.6 Å². The first kappa shape index (κ1) is 38.4. The van der Waals surface area contributed by atoms with Gasteiger partial charge in [0.1, 0.15) is 22.9 Å². The second kappa shape index (κ2) is 17.2. The zero-order chi connectivity index (χ0) is 37.4. The molecule has 1 aliphatic rings. The number of hydrogen-bond donors (Lipinski definition) is 4. The van der Waals surface area contributed by atoms with Gasteiger partial charge in [0.15, 0.2) is 0 Å². The number of nitrogens with one attached hydrogen (secondary N) is 3. The molecule has 1 fully saturated rings. The fraction of sp³-hybridized carbons (Fsp3) is 0.432. The van der Waals surface area contributed by atoms with E-state index in [1.54, 1.807) is 30.1 Å². The number of alkyl carbamates (subject to hydrolysis) is 1. The number of aliphatic imine (C=N–C) groups is 1. The van der Waals surface area contributed by atoms with Gasteiger partial charge in [0.05, 0.1) is 53.5 Å². The summed E-state index contributed by atoms with van der Waals surface area (Å²) in [5.41, 5.74) is 10.9. The lowest BCUT2D eigenvalue weighted by Crippen LogP contribution is -2.42. The van der Waals surface area contributed by atoms with Gasteiger partial charge in [-0.05, 0) is 83.2 Å². The molecule has 5 N–H and O–H groups in total. The molecule has 0 atom stereocenters. The Hall–Kier alpha value is -4.79. The van der Waals surface area contributed by atoms with Crippen molar-refractivity contribution in [2.24, 2.45) is 10.7 Å². The molecule has 13 nitrogen and oxygen atoms in total. The molecular formula is C37H46ClFN8O5. The average Bonchev–Trinajstić information content (AvgIpc) is 3.52. The van der Waals surface area contributed by atoms with Crippen molar-refractivity contribution in [2.45, 2.75) is 71.1 Å². The van der Waals surface area contributed by atoms with Gasteiger partial charge in [0, 0.05) is 55.3 Å². The van der Waals surface area contributed by atoms with Gasteiger partial charge in [-0.1, -0.05) is 11.6 Å². The van der Waals surface area contributed by atoms with E-state index in [0.717, 1.165) is 47.9 Å². The lowest BCUT2D eigenvalue weighted by molar-refractivity contribution is 0.0492. The van der Waals surface area contributed by atoms with E-state index in [1.807, 2.05) is 40.0 Å². The number of hydrogen-bond acceptors (Lipinski definition) is 9. The molecule has 3 heterocycles. The van der Waals surface area contributed by atoms with Gasteiger partial charge >= 0.3 is 6.09 Å². The number of ether oxygens (including phenoxy) is 3. The number of methoxy groups -OCH3 is 1. The summed E-state index contributed by atoms with van der Waals surface area (Å²) in [6.45, 7) is 9.07. The third-order valence-corrected chi connectivity index (χ3v) is 8.80. The van der Waals surface area contributed by atoms with Gasteiger partial charge in [0.2, 0.25) is 0 Å². The molecule has 15 heteroatoms. The Balaban J connectivity index is 1.40. The maximum Gasteiger partial charge on any atom is 0.407 e. The second-order valence-corrected chi connectivity index (χ2v) is 14.1. The highest BCUT2D eigenvalue weighted by Gasteiger charge is 2.27. The summed E-state index contributed by atoms with van der Waals surface area (Å²) in [7, 11) is 1.60. The van der Waals surface area contributed by atoms with Crippen LogP contribution < -0.4 is 21.7 Å². The number of rotatable bonds is 13. The summed E-state index contributed by atoms with van der Waals surface area (Å²) in [6, 6.07) is 7.64. The SMILES string of the molecule is COCCOCCNC(=O)c1cc(C)c(-c2cc3c(N[C@H]4CC[C@H](NC(=O)OC(C)(C)C)CC4)c(C(N)=Nc4cc(F)ccc4Cl)cnn3c2)cn1. The number of fused-ring (bicyclic) bond motifs is 1. The molecular weight excluding hydrogens is 691 g/mol. The number of nitrogens with zero attached hydrogens (tertiary/aromatic N) is 4. The Bertz CT molecular complexity index is 1920. The Morgan fingerprint density at radius 2 is 1.83 bits per heavy atom. The van der Waals surface area contributed by atoms with Crippen LogP contribution in [0.3, 0.4) is 0 Å². The number of anilines is 1. The van der Waals surface area contributed by atoms with Crippen LogP contribution in [0.5, 0.6) is 0 Å². The average molecular weight is 737 g/mol. The minimum Gasteiger partial charge on any atom is -0.444 e. The first-order valence-corrected chi connectivity index (χ1v) is 17.6. The van der Waals surface area contributed by atoms with Crippen LogP contribution in [0.1, 0.15) is 68.1 Å². The van der Waals surface area contributed by atoms with Crippen molar-refractivity contribution >= 4 is 46.3 Å². The van der Waals surface area contributed by atoms with E-state index in [0.29, 0.717) is 43.3 Å². The Morgan fingerprint density at radius 3 is 2.54 bits per heavy atom. The van der Waals surface area contributed by atoms with Crippen molar-refractivity contribution in [2.75, 3.05) is 38.8 Å². The number of aryl methyl sites for hydroxylation is 1. The monoisotopic (exact) mass is 736 g/mol. The van der Waals surface area contributed by atoms with E-state index in [2.05, 4.69) is 31.0 Å². The number of nitrogens with two attached hydrogens (primary N) is 1. The largest absolute Gasteiger partial charge is 0.444 e. The molecule has 0 radical (unpaired) electrons. The number of carbonyl (C=O) groups excluding carboxylic acids is 2. The van der Waals surface area contributed by atoms with Crippen LogP contribution in [0.15, 0.2) is 53.9 Å². The number of benzene rings is 1. The lowest BCUT2D eigenvalue weighted by Gasteiger charge is -2.31. The molecule has 0 aliphatic heterocycles. The standard InChI is InChI=1S/C37H46ClFN8O5/c1-22-16-31(35(48)41-12-13-51-15-14-50-5)42-19-27(22)23-17-32-33(44-25-7-9-26(10-8-25)45-36(49)52-37(2,3)4)28(20-43-47(32)21-23)34(40)46-30-18-24(39)6-11-29(30)38/h6,11,16-21,25-26,44H,7-10,12-15H2,1-5H3,(H2,40,46)(H,41,48)(H,45,49)/t25-,26-. The van der Waals surface area contributed by atoms with Gasteiger partial charge in [-0.2, -0.15) is 5.10 Å². The smallest absolute Gasteiger partial charge is 0.407 e. The number of amidine groups is 1. The van der Waals surface area contributed by atoms with Crippen molar-refractivity contribution in [3.8, 4) is 11.1 Å². The maximum absolute atomic E-state index is 14.1. The molecule has 0 unspecified atom stereocenters. The van der Waals surface area contributed by atoms with E-state index in [9.17, 15) is 14.0 Å². The van der Waals surface area contributed by atoms with Crippen LogP contribution >= 0.6 is 11.6 Å². The zero-order valence-electron chi connectivity index (χ0n) is 30.1. The molecule has 0 spiro atoms. The molecule has 1 aromatic carbocycles. The van der Waals surface area contributed by atoms with E-state index in [-0.39, 0.29) is 34.5 Å². The summed E-state index contributed by atoms with van der Waals surface area (Å²) in [5, 5.41) is 14.4. The van der Waals surface area contributed by atoms with Gasteiger partial charge in [-0.25, -0.2) is 18.7 Å². The van der Waals surface area contributed by atoms with Crippen molar-refractivity contribution in [1.29, 1.82) is 0 Å². The molecule has 5 rings (SSSR count). The van der Waals surface area contributed by atoms with Gasteiger partial charge in [-0.15, -0.1) is 0 Å². The minimum absolute atomic E-state index is 0.0127. The molecule has 0 saturated heterocycles. The number of aromatic nitrogens is 3. The Labute approximate surface area is 307 Å². The van der Waals surface area contributed by atoms with Crippen molar-refractivity contribution in [1.82, 2.24) is 25.2 Å². The predicted molar refractivity (Wildman–Crippen MR) is 199 cm³/mol. The summed E-state index contributed by atoms with van der Waals surface area (Å²) >= 11 is 6.32. The van der Waals surface area contributed by atoms with Crippen LogP contribution in [-0.4, -0.2) is 83.6 Å². The van der Waals surface area contributed by atoms with Crippen molar-refractivity contribution < 1.29 is 28.2 Å². The van der Waals surface area contributed by atoms with Gasteiger partial charge in [-0.3, -0.25) is 9.78 Å². The molecule has 3 aromatic heterocycles. The van der Waals surface area contributed by atoms with Crippen molar-refractivity contribution in [3.63, 3.8) is 0 Å². The molecule has 1 saturated carbocycles. The number of amides is 2. The number of halogens is 2. The van der Waals surface area contributed by atoms with Crippen LogP contribution in [0, 0.1) is 12.7 Å². The summed E-state index contributed by atoms with van der Waals surface area (Å²) < 4.78 is 31.6. The zero-order valence-corrected chi connectivity index (χ0v) is 30.8. The Morgan fingerprint density at radius 1 is 1.08 bits per heavy atom. The first-order chi connectivity index (χ1) is 24.8. The summed E-state index contributed by atoms with van der Waals surface area (Å²) in [4.78, 5) is 34.1. The van der Waals surface area contributed by atoms with Crippen LogP contribution in [-0.2, 0) is 14.2 Å². The quantitative estimate of drug-likeness (QED) is 0.0713. The van der Waals surface area contributed by atoms with Gasteiger partial charge < -0.3 is 35.9 Å². The molecule has 2 amide bonds. The summed E-state index contributed by atoms with van der Waals surface area (Å²) in [5.74, 6) is -0.686. The maximum atomic E-state index is 14.1. The fourth-order valence-electron chi connectivity index (χ4n) is 5.93. The highest BCUT2D eigenvalue weighted by molar-refractivity contribution is 6.33. The third-order valence-electron chi connectivity index (χ3n) is 8.48. The first-order valence-electron chi connectivity index (χ1n) is 17.2. The lowest BCUT2D eigenvalue weighted by atomic mass is 9.91. The molecule has 0 bridgehead atoms. The highest BCUT2D eigenvalue weighted by Crippen LogP contribution is 2.33. The fourth-order valence-corrected chi connectivity index (χ4v) is 6.09. The minimum atomic E-state index is -0.579. The topological polar surface area (TPSA) is 166 Å². The highest BCUT2D eigenvalue weighted by atomic mass is 35.5. The number of carbonyl (C=O) groups is 2. The summed E-state index contributed by atoms with van der Waals surface area (Å²) in [6.07, 6.45) is 7.75. The predicted octanol–water partition coefficient (Wildman–Crippen LogP) is 6.17. The van der Waals surface area contributed by atoms with E-state index >= 15 is 0 Å². The van der Waals surface area contributed by atoms with Crippen LogP contribution in [0.4, 0.5) is 20.6 Å². The molecule has 52 heavy (non-hydrogen) atoms. The Kier molecular flexibility index (Phi) is 12.7. The molecule has 278 valence electrons. The molecule has 1 aliphatic carbocycles. The van der Waals surface area contributed by atoms with Gasteiger partial charge in [0.25, 0.3) is 5.91 Å². The third kappa shape index (κ3) is 10.2. The van der Waals surface area contributed by atoms with E-state index < -0.39 is 17.5 Å². The normalized spacial score (nSPS) is 16.5. The van der Waals surface area contributed by atoms with E-state index in [4.69, 9.17) is 31.5 Å². The van der Waals surface area contributed by atoms with Crippen LogP contribution in [0.2, 0.25) is 5.02 Å².